The van der Waals surface area contributed by atoms with Gasteiger partial charge in [-0.1, -0.05) is 11.6 Å². The molecule has 2 aromatic rings. The van der Waals surface area contributed by atoms with E-state index in [1.54, 1.807) is 6.07 Å². The lowest BCUT2D eigenvalue weighted by Crippen LogP contribution is -2.18. The largest absolute Gasteiger partial charge is 0.369 e. The summed E-state index contributed by atoms with van der Waals surface area (Å²) in [5, 5.41) is 0.0912. The van der Waals surface area contributed by atoms with Gasteiger partial charge in [0, 0.05) is 12.1 Å². The maximum atomic E-state index is 13.4. The highest BCUT2D eigenvalue weighted by Crippen LogP contribution is 2.28. The van der Waals surface area contributed by atoms with Crippen molar-refractivity contribution < 1.29 is 4.39 Å². The summed E-state index contributed by atoms with van der Waals surface area (Å²) < 4.78 is 15.3. The summed E-state index contributed by atoms with van der Waals surface area (Å²) in [6.07, 6.45) is 0.928. The molecular formula is C13H18ClFN4. The summed E-state index contributed by atoms with van der Waals surface area (Å²) in [5.41, 5.74) is 7.24. The Hall–Kier alpha value is -1.33. The number of imidazole rings is 1. The Kier molecular flexibility index (Phi) is 3.96. The van der Waals surface area contributed by atoms with Crippen molar-refractivity contribution in [2.24, 2.45) is 0 Å². The maximum absolute atomic E-state index is 13.4. The minimum atomic E-state index is -0.472. The molecule has 0 aliphatic heterocycles. The van der Waals surface area contributed by atoms with Crippen LogP contribution in [-0.2, 0) is 0 Å². The van der Waals surface area contributed by atoms with Gasteiger partial charge < -0.3 is 15.2 Å². The van der Waals surface area contributed by atoms with Gasteiger partial charge in [0.1, 0.15) is 5.82 Å². The van der Waals surface area contributed by atoms with E-state index in [4.69, 9.17) is 17.3 Å². The molecule has 2 rings (SSSR count). The van der Waals surface area contributed by atoms with E-state index in [-0.39, 0.29) is 11.1 Å². The molecule has 0 fully saturated rings. The van der Waals surface area contributed by atoms with Gasteiger partial charge in [0.25, 0.3) is 0 Å². The average molecular weight is 285 g/mol. The molecule has 0 amide bonds. The molecule has 6 heteroatoms. The van der Waals surface area contributed by atoms with Crippen molar-refractivity contribution in [1.29, 1.82) is 0 Å². The number of fused-ring (bicyclic) bond motifs is 1. The Morgan fingerprint density at radius 1 is 1.47 bits per heavy atom. The number of halogens is 2. The lowest BCUT2D eigenvalue weighted by Gasteiger charge is -2.18. The molecule has 4 nitrogen and oxygen atoms in total. The van der Waals surface area contributed by atoms with E-state index >= 15 is 0 Å². The van der Waals surface area contributed by atoms with Crippen LogP contribution in [0.2, 0.25) is 5.02 Å². The Bertz CT molecular complexity index is 594. The van der Waals surface area contributed by atoms with Gasteiger partial charge in [0.2, 0.25) is 5.95 Å². The third-order valence-electron chi connectivity index (χ3n) is 3.19. The molecule has 0 radical (unpaired) electrons. The highest BCUT2D eigenvalue weighted by Gasteiger charge is 2.16. The SMILES string of the molecule is CC(CCN(C)C)n1c(N)nc2cc(F)c(Cl)cc21. The first kappa shape index (κ1) is 14.1. The second-order valence-electron chi connectivity index (χ2n) is 5.04. The van der Waals surface area contributed by atoms with Crippen molar-refractivity contribution in [2.45, 2.75) is 19.4 Å². The summed E-state index contributed by atoms with van der Waals surface area (Å²) in [5.74, 6) is -0.0808. The summed E-state index contributed by atoms with van der Waals surface area (Å²) in [7, 11) is 4.04. The lowest BCUT2D eigenvalue weighted by molar-refractivity contribution is 0.362. The van der Waals surface area contributed by atoms with Crippen molar-refractivity contribution in [3.63, 3.8) is 0 Å². The molecular weight excluding hydrogens is 267 g/mol. The summed E-state index contributed by atoms with van der Waals surface area (Å²) >= 11 is 5.84. The Balaban J connectivity index is 2.42. The molecule has 104 valence electrons. The average Bonchev–Trinajstić information content (AvgIpc) is 2.62. The number of anilines is 1. The fraction of sp³-hybridized carbons (Fsp3) is 0.462. The second-order valence-corrected chi connectivity index (χ2v) is 5.44. The second kappa shape index (κ2) is 5.35. The Morgan fingerprint density at radius 2 is 2.16 bits per heavy atom. The molecule has 1 aromatic heterocycles. The number of rotatable bonds is 4. The Labute approximate surface area is 117 Å². The molecule has 0 saturated heterocycles. The maximum Gasteiger partial charge on any atom is 0.201 e. The quantitative estimate of drug-likeness (QED) is 0.939. The van der Waals surface area contributed by atoms with Gasteiger partial charge in [-0.15, -0.1) is 0 Å². The van der Waals surface area contributed by atoms with E-state index in [0.717, 1.165) is 18.5 Å². The van der Waals surface area contributed by atoms with Crippen LogP contribution in [0.1, 0.15) is 19.4 Å². The number of benzene rings is 1. The first-order valence-corrected chi connectivity index (χ1v) is 6.55. The van der Waals surface area contributed by atoms with Crippen LogP contribution >= 0.6 is 11.6 Å². The molecule has 2 N–H and O–H groups in total. The molecule has 0 spiro atoms. The predicted octanol–water partition coefficient (Wildman–Crippen LogP) is 2.92. The predicted molar refractivity (Wildman–Crippen MR) is 77.0 cm³/mol. The van der Waals surface area contributed by atoms with E-state index < -0.39 is 5.82 Å². The zero-order valence-corrected chi connectivity index (χ0v) is 12.1. The topological polar surface area (TPSA) is 47.1 Å². The van der Waals surface area contributed by atoms with Gasteiger partial charge in [-0.3, -0.25) is 0 Å². The first-order valence-electron chi connectivity index (χ1n) is 6.17. The molecule has 19 heavy (non-hydrogen) atoms. The van der Waals surface area contributed by atoms with Gasteiger partial charge >= 0.3 is 0 Å². The smallest absolute Gasteiger partial charge is 0.201 e. The molecule has 0 bridgehead atoms. The van der Waals surface area contributed by atoms with Crippen LogP contribution in [0.25, 0.3) is 11.0 Å². The van der Waals surface area contributed by atoms with Gasteiger partial charge in [-0.2, -0.15) is 0 Å². The monoisotopic (exact) mass is 284 g/mol. The van der Waals surface area contributed by atoms with Crippen molar-refractivity contribution >= 4 is 28.6 Å². The third-order valence-corrected chi connectivity index (χ3v) is 3.48. The van der Waals surface area contributed by atoms with Crippen LogP contribution in [0.15, 0.2) is 12.1 Å². The van der Waals surface area contributed by atoms with Gasteiger partial charge in [-0.25, -0.2) is 9.37 Å². The van der Waals surface area contributed by atoms with Crippen molar-refractivity contribution in [3.05, 3.63) is 23.0 Å². The van der Waals surface area contributed by atoms with E-state index in [1.165, 1.54) is 6.07 Å². The van der Waals surface area contributed by atoms with Gasteiger partial charge in [0.05, 0.1) is 16.1 Å². The number of nitrogens with zero attached hydrogens (tertiary/aromatic N) is 3. The minimum Gasteiger partial charge on any atom is -0.369 e. The van der Waals surface area contributed by atoms with E-state index in [1.807, 2.05) is 18.7 Å². The van der Waals surface area contributed by atoms with Crippen molar-refractivity contribution in [1.82, 2.24) is 14.5 Å². The van der Waals surface area contributed by atoms with E-state index in [2.05, 4.69) is 16.8 Å². The van der Waals surface area contributed by atoms with Crippen LogP contribution in [0, 0.1) is 5.82 Å². The van der Waals surface area contributed by atoms with Crippen molar-refractivity contribution in [3.8, 4) is 0 Å². The summed E-state index contributed by atoms with van der Waals surface area (Å²) in [6.45, 7) is 3.01. The van der Waals surface area contributed by atoms with E-state index in [0.29, 0.717) is 11.5 Å². The zero-order valence-electron chi connectivity index (χ0n) is 11.3. The Morgan fingerprint density at radius 3 is 2.79 bits per heavy atom. The zero-order chi connectivity index (χ0) is 14.2. The van der Waals surface area contributed by atoms with Crippen LogP contribution in [0.4, 0.5) is 10.3 Å². The molecule has 0 saturated carbocycles. The number of hydrogen-bond acceptors (Lipinski definition) is 3. The lowest BCUT2D eigenvalue weighted by atomic mass is 10.2. The molecule has 0 aliphatic carbocycles. The fourth-order valence-electron chi connectivity index (χ4n) is 2.15. The van der Waals surface area contributed by atoms with Gasteiger partial charge in [-0.05, 0) is 40.1 Å². The van der Waals surface area contributed by atoms with Crippen LogP contribution in [-0.4, -0.2) is 35.1 Å². The summed E-state index contributed by atoms with van der Waals surface area (Å²) in [4.78, 5) is 6.30. The number of nitrogen functional groups attached to an aromatic ring is 1. The highest BCUT2D eigenvalue weighted by molar-refractivity contribution is 6.31. The van der Waals surface area contributed by atoms with E-state index in [9.17, 15) is 4.39 Å². The van der Waals surface area contributed by atoms with Crippen LogP contribution in [0.5, 0.6) is 0 Å². The summed E-state index contributed by atoms with van der Waals surface area (Å²) in [6, 6.07) is 3.08. The normalized spacial score (nSPS) is 13.4. The first-order chi connectivity index (χ1) is 8.90. The fourth-order valence-corrected chi connectivity index (χ4v) is 2.30. The highest BCUT2D eigenvalue weighted by atomic mass is 35.5. The van der Waals surface area contributed by atoms with Crippen LogP contribution < -0.4 is 5.73 Å². The number of nitrogens with two attached hydrogens (primary N) is 1. The van der Waals surface area contributed by atoms with Crippen LogP contribution in [0.3, 0.4) is 0 Å². The molecule has 1 unspecified atom stereocenters. The standard InChI is InChI=1S/C13H18ClFN4/c1-8(4-5-18(2)3)19-12-6-9(14)10(15)7-11(12)17-13(19)16/h6-8H,4-5H2,1-3H3,(H2,16,17). The molecule has 1 atom stereocenters. The van der Waals surface area contributed by atoms with Gasteiger partial charge in [0.15, 0.2) is 0 Å². The molecule has 1 aromatic carbocycles. The third kappa shape index (κ3) is 2.82. The molecule has 0 aliphatic rings. The number of hydrogen-bond donors (Lipinski definition) is 1. The minimum absolute atomic E-state index is 0.0912. The van der Waals surface area contributed by atoms with Crippen molar-refractivity contribution in [2.75, 3.05) is 26.4 Å². The number of aromatic nitrogens is 2. The molecule has 1 heterocycles.